The normalized spacial score (nSPS) is 12.1. The Bertz CT molecular complexity index is 1390. The Morgan fingerprint density at radius 3 is 2.29 bits per heavy atom. The molecule has 0 spiro atoms. The zero-order chi connectivity index (χ0) is 21.5. The highest BCUT2D eigenvalue weighted by atomic mass is 15.4. The average molecular weight is 409 g/mol. The van der Waals surface area contributed by atoms with Gasteiger partial charge in [0, 0.05) is 43.3 Å². The van der Waals surface area contributed by atoms with Crippen LogP contribution < -0.4 is 10.1 Å². The van der Waals surface area contributed by atoms with Crippen LogP contribution in [0.4, 0.5) is 5.69 Å². The number of benzene rings is 2. The molecule has 3 aromatic heterocycles. The number of anilines is 1. The van der Waals surface area contributed by atoms with E-state index in [-0.39, 0.29) is 0 Å². The first kappa shape index (κ1) is 19.0. The average Bonchev–Trinajstić information content (AvgIpc) is 3.44. The van der Waals surface area contributed by atoms with Crippen LogP contribution in [0.5, 0.6) is 0 Å². The number of nitrogens with zero attached hydrogens (tertiary/aromatic N) is 7. The van der Waals surface area contributed by atoms with Crippen molar-refractivity contribution in [1.29, 1.82) is 0 Å². The second-order valence-corrected chi connectivity index (χ2v) is 7.81. The molecule has 3 heterocycles. The summed E-state index contributed by atoms with van der Waals surface area (Å²) >= 11 is 0. The van der Waals surface area contributed by atoms with E-state index in [0.717, 1.165) is 39.1 Å². The van der Waals surface area contributed by atoms with Crippen LogP contribution in [0.2, 0.25) is 0 Å². The smallest absolute Gasteiger partial charge is 0.205 e. The summed E-state index contributed by atoms with van der Waals surface area (Å²) < 4.78 is 3.63. The molecule has 0 N–H and O–H groups in total. The van der Waals surface area contributed by atoms with Gasteiger partial charge in [0.25, 0.3) is 0 Å². The van der Waals surface area contributed by atoms with Crippen LogP contribution in [0.25, 0.3) is 34.5 Å². The monoisotopic (exact) mass is 409 g/mol. The van der Waals surface area contributed by atoms with Gasteiger partial charge in [0.2, 0.25) is 5.82 Å². The zero-order valence-corrected chi connectivity index (χ0v) is 18.0. The number of aryl methyl sites for hydroxylation is 2. The van der Waals surface area contributed by atoms with E-state index in [2.05, 4.69) is 62.7 Å². The van der Waals surface area contributed by atoms with E-state index in [1.54, 1.807) is 4.52 Å². The van der Waals surface area contributed by atoms with Gasteiger partial charge in [-0.25, -0.2) is 0 Å². The fraction of sp³-hybridized carbons (Fsp3) is 0.167. The van der Waals surface area contributed by atoms with E-state index in [9.17, 15) is 0 Å². The Morgan fingerprint density at radius 2 is 1.65 bits per heavy atom. The predicted octanol–water partition coefficient (Wildman–Crippen LogP) is 3.11. The largest absolute Gasteiger partial charge is 0.378 e. The molecule has 0 bridgehead atoms. The van der Waals surface area contributed by atoms with E-state index in [0.29, 0.717) is 11.5 Å². The molecular weight excluding hydrogens is 386 g/mol. The molecule has 0 amide bonds. The van der Waals surface area contributed by atoms with Crippen LogP contribution >= 0.6 is 0 Å². The van der Waals surface area contributed by atoms with Gasteiger partial charge < -0.3 is 4.90 Å². The van der Waals surface area contributed by atoms with Crippen molar-refractivity contribution in [2.45, 2.75) is 6.92 Å². The highest BCUT2D eigenvalue weighted by Gasteiger charge is 2.18. The maximum absolute atomic E-state index is 4.90. The molecule has 0 unspecified atom stereocenters. The molecule has 0 aliphatic carbocycles. The molecule has 31 heavy (non-hydrogen) atoms. The molecule has 5 aromatic rings. The molecule has 5 rings (SSSR count). The minimum absolute atomic E-state index is 0.637. The van der Waals surface area contributed by atoms with Gasteiger partial charge in [-0.15, -0.1) is 10.2 Å². The Hall–Kier alpha value is -4.00. The maximum atomic E-state index is 4.90. The number of hydrogen-bond donors (Lipinski definition) is 0. The van der Waals surface area contributed by atoms with Crippen molar-refractivity contribution in [3.8, 4) is 22.8 Å². The van der Waals surface area contributed by atoms with Gasteiger partial charge in [0.1, 0.15) is 11.4 Å². The molecule has 0 aliphatic heterocycles. The fourth-order valence-corrected chi connectivity index (χ4v) is 3.61. The van der Waals surface area contributed by atoms with Gasteiger partial charge in [-0.05, 0) is 36.8 Å². The van der Waals surface area contributed by atoms with Crippen molar-refractivity contribution in [3.05, 3.63) is 77.1 Å². The van der Waals surface area contributed by atoms with Crippen molar-refractivity contribution in [3.63, 3.8) is 0 Å². The first-order chi connectivity index (χ1) is 15.0. The molecular formula is C24H23N7. The topological polar surface area (TPSA) is 64.1 Å². The molecule has 7 heteroatoms. The summed E-state index contributed by atoms with van der Waals surface area (Å²) in [5, 5.41) is 19.3. The van der Waals surface area contributed by atoms with Crippen molar-refractivity contribution in [2.75, 3.05) is 19.0 Å². The summed E-state index contributed by atoms with van der Waals surface area (Å²) in [6.45, 7) is 2.01. The van der Waals surface area contributed by atoms with E-state index in [1.807, 2.05) is 57.0 Å². The minimum atomic E-state index is 0.637. The van der Waals surface area contributed by atoms with Crippen molar-refractivity contribution < 1.29 is 0 Å². The number of hydrogen-bond acceptors (Lipinski definition) is 5. The number of rotatable bonds is 4. The second kappa shape index (κ2) is 7.36. The molecule has 0 fully saturated rings. The zero-order valence-electron chi connectivity index (χ0n) is 18.0. The van der Waals surface area contributed by atoms with Gasteiger partial charge in [0.05, 0.1) is 0 Å². The summed E-state index contributed by atoms with van der Waals surface area (Å²) in [6.07, 6.45) is 2.12. The highest BCUT2D eigenvalue weighted by Crippen LogP contribution is 2.21. The summed E-state index contributed by atoms with van der Waals surface area (Å²) in [6, 6.07) is 20.6. The van der Waals surface area contributed by atoms with E-state index in [1.165, 1.54) is 0 Å². The van der Waals surface area contributed by atoms with Crippen LogP contribution in [0.1, 0.15) is 11.3 Å². The van der Waals surface area contributed by atoms with Crippen LogP contribution in [-0.2, 0) is 7.05 Å². The van der Waals surface area contributed by atoms with Crippen molar-refractivity contribution in [1.82, 2.24) is 29.6 Å². The number of aromatic nitrogens is 6. The van der Waals surface area contributed by atoms with E-state index < -0.39 is 0 Å². The van der Waals surface area contributed by atoms with E-state index >= 15 is 0 Å². The van der Waals surface area contributed by atoms with Gasteiger partial charge in [-0.3, -0.25) is 4.68 Å². The standard InChI is InChI=1S/C24H23N7/c1-16-14-21(27-30(16)4)24-26-25-23-20(15-17-10-12-19(13-11-17)29(2)3)22(28-31(23)24)18-8-6-5-7-9-18/h5-15H,1-4H3/b20-15+. The van der Waals surface area contributed by atoms with Gasteiger partial charge in [-0.1, -0.05) is 42.5 Å². The molecule has 0 radical (unpaired) electrons. The molecule has 2 aromatic carbocycles. The highest BCUT2D eigenvalue weighted by molar-refractivity contribution is 5.72. The predicted molar refractivity (Wildman–Crippen MR) is 123 cm³/mol. The molecule has 0 atom stereocenters. The summed E-state index contributed by atoms with van der Waals surface area (Å²) in [7, 11) is 5.99. The van der Waals surface area contributed by atoms with Crippen molar-refractivity contribution in [2.24, 2.45) is 7.05 Å². The SMILES string of the molecule is Cc1cc(-c2nnc3/c(=C/c4ccc(N(C)C)cc4)c(-c4ccccc4)nn23)nn1C. The molecule has 154 valence electrons. The lowest BCUT2D eigenvalue weighted by Crippen LogP contribution is -2.08. The van der Waals surface area contributed by atoms with E-state index in [4.69, 9.17) is 5.10 Å². The fourth-order valence-electron chi connectivity index (χ4n) is 3.61. The third-order valence-corrected chi connectivity index (χ3v) is 5.45. The molecule has 0 saturated heterocycles. The van der Waals surface area contributed by atoms with Crippen LogP contribution in [-0.4, -0.2) is 43.7 Å². The lowest BCUT2D eigenvalue weighted by atomic mass is 10.1. The van der Waals surface area contributed by atoms with Gasteiger partial charge in [0.15, 0.2) is 5.65 Å². The number of fused-ring (bicyclic) bond motifs is 1. The maximum Gasteiger partial charge on any atom is 0.205 e. The molecule has 7 nitrogen and oxygen atoms in total. The van der Waals surface area contributed by atoms with Crippen LogP contribution in [0.3, 0.4) is 0 Å². The second-order valence-electron chi connectivity index (χ2n) is 7.81. The third-order valence-electron chi connectivity index (χ3n) is 5.45. The Balaban J connectivity index is 1.73. The van der Waals surface area contributed by atoms with Gasteiger partial charge in [-0.2, -0.15) is 14.7 Å². The minimum Gasteiger partial charge on any atom is -0.378 e. The lowest BCUT2D eigenvalue weighted by molar-refractivity contribution is 0.739. The van der Waals surface area contributed by atoms with Crippen LogP contribution in [0, 0.1) is 6.92 Å². The third kappa shape index (κ3) is 3.34. The summed E-state index contributed by atoms with van der Waals surface area (Å²) in [5.41, 5.74) is 6.66. The van der Waals surface area contributed by atoms with Crippen LogP contribution in [0.15, 0.2) is 60.7 Å². The lowest BCUT2D eigenvalue weighted by Gasteiger charge is -2.11. The Morgan fingerprint density at radius 1 is 0.903 bits per heavy atom. The molecule has 0 saturated carbocycles. The quantitative estimate of drug-likeness (QED) is 0.456. The first-order valence-electron chi connectivity index (χ1n) is 10.1. The Kier molecular flexibility index (Phi) is 4.51. The Labute approximate surface area is 180 Å². The van der Waals surface area contributed by atoms with Crippen molar-refractivity contribution >= 4 is 17.4 Å². The molecule has 0 aliphatic rings. The summed E-state index contributed by atoms with van der Waals surface area (Å²) in [4.78, 5) is 2.08. The summed E-state index contributed by atoms with van der Waals surface area (Å²) in [5.74, 6) is 0.637. The first-order valence-corrected chi connectivity index (χ1v) is 10.1. The van der Waals surface area contributed by atoms with Gasteiger partial charge >= 0.3 is 0 Å².